The van der Waals surface area contributed by atoms with Crippen molar-refractivity contribution >= 4 is 24.2 Å². The largest absolute Gasteiger partial charge is 0.352 e. The highest BCUT2D eigenvalue weighted by molar-refractivity contribution is 5.85. The molecule has 2 bridgehead atoms. The Morgan fingerprint density at radius 2 is 1.67 bits per heavy atom. The van der Waals surface area contributed by atoms with Gasteiger partial charge in [-0.2, -0.15) is 0 Å². The fourth-order valence-corrected chi connectivity index (χ4v) is 3.18. The van der Waals surface area contributed by atoms with E-state index in [0.717, 1.165) is 12.8 Å². The van der Waals surface area contributed by atoms with Gasteiger partial charge in [-0.05, 0) is 31.1 Å². The molecule has 0 aromatic heterocycles. The first-order chi connectivity index (χ1) is 9.32. The van der Waals surface area contributed by atoms with Crippen LogP contribution in [0.25, 0.3) is 0 Å². The number of hydrogen-bond donors (Lipinski definition) is 3. The third kappa shape index (κ3) is 6.22. The van der Waals surface area contributed by atoms with Crippen LogP contribution in [-0.4, -0.2) is 36.5 Å². The predicted molar refractivity (Wildman–Crippen MR) is 85.4 cm³/mol. The molecule has 0 saturated carbocycles. The average Bonchev–Trinajstić information content (AvgIpc) is 2.64. The molecule has 0 aromatic carbocycles. The minimum Gasteiger partial charge on any atom is -0.352 e. The summed E-state index contributed by atoms with van der Waals surface area (Å²) in [4.78, 5) is 23.5. The number of carbonyl (C=O) groups excluding carboxylic acids is 2. The predicted octanol–water partition coefficient (Wildman–Crippen LogP) is 1.36. The molecule has 0 aliphatic carbocycles. The molecule has 3 N–H and O–H groups in total. The van der Waals surface area contributed by atoms with Crippen LogP contribution >= 0.6 is 12.4 Å². The first-order valence-electron chi connectivity index (χ1n) is 7.64. The summed E-state index contributed by atoms with van der Waals surface area (Å²) in [5, 5.41) is 9.29. The Morgan fingerprint density at radius 1 is 1.10 bits per heavy atom. The molecule has 2 unspecified atom stereocenters. The maximum atomic E-state index is 11.9. The van der Waals surface area contributed by atoms with Gasteiger partial charge in [0.1, 0.15) is 0 Å². The highest BCUT2D eigenvalue weighted by Crippen LogP contribution is 2.26. The molecule has 2 fully saturated rings. The third-order valence-corrected chi connectivity index (χ3v) is 3.98. The Balaban J connectivity index is 0.00000220. The Morgan fingerprint density at radius 3 is 2.19 bits per heavy atom. The van der Waals surface area contributed by atoms with E-state index in [0.29, 0.717) is 18.5 Å². The molecule has 0 radical (unpaired) electrons. The highest BCUT2D eigenvalue weighted by atomic mass is 35.5. The molecule has 6 heteroatoms. The number of rotatable bonds is 4. The van der Waals surface area contributed by atoms with Gasteiger partial charge >= 0.3 is 0 Å². The minimum absolute atomic E-state index is 0. The van der Waals surface area contributed by atoms with Crippen molar-refractivity contribution in [2.45, 2.75) is 71.0 Å². The summed E-state index contributed by atoms with van der Waals surface area (Å²) in [6, 6.07) is 1.39. The topological polar surface area (TPSA) is 70.2 Å². The van der Waals surface area contributed by atoms with Gasteiger partial charge in [0.05, 0.1) is 6.54 Å². The zero-order valence-corrected chi connectivity index (χ0v) is 14.0. The SMILES string of the molecule is CC(C)(C)CC(=O)NCC(=O)NC1CC2CCC(C1)N2.Cl. The van der Waals surface area contributed by atoms with Crippen molar-refractivity contribution < 1.29 is 9.59 Å². The maximum absolute atomic E-state index is 11.9. The molecule has 2 atom stereocenters. The van der Waals surface area contributed by atoms with E-state index in [1.165, 1.54) is 12.8 Å². The molecule has 5 nitrogen and oxygen atoms in total. The smallest absolute Gasteiger partial charge is 0.239 e. The summed E-state index contributed by atoms with van der Waals surface area (Å²) in [6.07, 6.45) is 4.91. The Labute approximate surface area is 133 Å². The number of hydrogen-bond acceptors (Lipinski definition) is 3. The zero-order valence-electron chi connectivity index (χ0n) is 13.2. The summed E-state index contributed by atoms with van der Waals surface area (Å²) in [6.45, 7) is 6.13. The first kappa shape index (κ1) is 18.2. The highest BCUT2D eigenvalue weighted by Gasteiger charge is 2.33. The lowest BCUT2D eigenvalue weighted by Crippen LogP contribution is -2.50. The molecule has 122 valence electrons. The van der Waals surface area contributed by atoms with Crippen LogP contribution in [0.2, 0.25) is 0 Å². The van der Waals surface area contributed by atoms with Gasteiger partial charge < -0.3 is 16.0 Å². The number of piperidine rings is 1. The van der Waals surface area contributed by atoms with Crippen LogP contribution in [0.4, 0.5) is 0 Å². The lowest BCUT2D eigenvalue weighted by atomic mass is 9.92. The molecule has 21 heavy (non-hydrogen) atoms. The van der Waals surface area contributed by atoms with Crippen LogP contribution in [-0.2, 0) is 9.59 Å². The van der Waals surface area contributed by atoms with Gasteiger partial charge in [-0.15, -0.1) is 12.4 Å². The second kappa shape index (κ2) is 7.45. The zero-order chi connectivity index (χ0) is 14.8. The Bertz CT molecular complexity index is 370. The molecule has 2 aliphatic heterocycles. The second-order valence-corrected chi connectivity index (χ2v) is 7.39. The number of nitrogens with one attached hydrogen (secondary N) is 3. The van der Waals surface area contributed by atoms with E-state index >= 15 is 0 Å². The maximum Gasteiger partial charge on any atom is 0.239 e. The number of fused-ring (bicyclic) bond motifs is 2. The third-order valence-electron chi connectivity index (χ3n) is 3.98. The van der Waals surface area contributed by atoms with Gasteiger partial charge in [-0.3, -0.25) is 9.59 Å². The van der Waals surface area contributed by atoms with Crippen molar-refractivity contribution in [2.24, 2.45) is 5.41 Å². The van der Waals surface area contributed by atoms with E-state index < -0.39 is 0 Å². The van der Waals surface area contributed by atoms with Gasteiger partial charge in [0.15, 0.2) is 0 Å². The normalized spacial score (nSPS) is 27.7. The summed E-state index contributed by atoms with van der Waals surface area (Å²) in [5.41, 5.74) is -0.0468. The van der Waals surface area contributed by atoms with E-state index in [9.17, 15) is 9.59 Å². The lowest BCUT2D eigenvalue weighted by Gasteiger charge is -2.29. The van der Waals surface area contributed by atoms with Gasteiger partial charge in [0, 0.05) is 24.5 Å². The lowest BCUT2D eigenvalue weighted by molar-refractivity contribution is -0.127. The van der Waals surface area contributed by atoms with Crippen LogP contribution < -0.4 is 16.0 Å². The second-order valence-electron chi connectivity index (χ2n) is 7.39. The molecular formula is C15H28ClN3O2. The van der Waals surface area contributed by atoms with Crippen molar-refractivity contribution in [3.63, 3.8) is 0 Å². The number of halogens is 1. The molecule has 2 heterocycles. The summed E-state index contributed by atoms with van der Waals surface area (Å²) in [5.74, 6) is -0.128. The molecule has 2 amide bonds. The molecule has 2 saturated heterocycles. The van der Waals surface area contributed by atoms with E-state index in [-0.39, 0.29) is 42.2 Å². The quantitative estimate of drug-likeness (QED) is 0.733. The molecule has 0 aromatic rings. The molecular weight excluding hydrogens is 290 g/mol. The standard InChI is InChI=1S/C15H27N3O2.ClH/c1-15(2,3)8-13(19)16-9-14(20)18-12-6-10-4-5-11(7-12)17-10;/h10-12,17H,4-9H2,1-3H3,(H,16,19)(H,18,20);1H. The Hall–Kier alpha value is -0.810. The van der Waals surface area contributed by atoms with Crippen molar-refractivity contribution in [2.75, 3.05) is 6.54 Å². The van der Waals surface area contributed by atoms with Crippen LogP contribution in [0, 0.1) is 5.41 Å². The van der Waals surface area contributed by atoms with E-state index in [1.54, 1.807) is 0 Å². The Kier molecular flexibility index (Phi) is 6.47. The first-order valence-corrected chi connectivity index (χ1v) is 7.64. The van der Waals surface area contributed by atoms with E-state index in [2.05, 4.69) is 16.0 Å². The van der Waals surface area contributed by atoms with Crippen molar-refractivity contribution in [3.05, 3.63) is 0 Å². The fraction of sp³-hybridized carbons (Fsp3) is 0.867. The monoisotopic (exact) mass is 317 g/mol. The van der Waals surface area contributed by atoms with Crippen molar-refractivity contribution in [3.8, 4) is 0 Å². The van der Waals surface area contributed by atoms with Crippen molar-refractivity contribution in [1.29, 1.82) is 0 Å². The number of carbonyl (C=O) groups is 2. The van der Waals surface area contributed by atoms with Crippen LogP contribution in [0.15, 0.2) is 0 Å². The summed E-state index contributed by atoms with van der Waals surface area (Å²) >= 11 is 0. The fourth-order valence-electron chi connectivity index (χ4n) is 3.18. The summed E-state index contributed by atoms with van der Waals surface area (Å²) < 4.78 is 0. The number of amides is 2. The molecule has 2 aliphatic rings. The van der Waals surface area contributed by atoms with Gasteiger partial charge in [0.25, 0.3) is 0 Å². The minimum atomic E-state index is -0.0708. The van der Waals surface area contributed by atoms with Crippen molar-refractivity contribution in [1.82, 2.24) is 16.0 Å². The molecule has 2 rings (SSSR count). The van der Waals surface area contributed by atoms with Gasteiger partial charge in [0.2, 0.25) is 11.8 Å². The van der Waals surface area contributed by atoms with Crippen LogP contribution in [0.3, 0.4) is 0 Å². The summed E-state index contributed by atoms with van der Waals surface area (Å²) in [7, 11) is 0. The van der Waals surface area contributed by atoms with Gasteiger partial charge in [-0.25, -0.2) is 0 Å². The van der Waals surface area contributed by atoms with Crippen LogP contribution in [0.1, 0.15) is 52.9 Å². The van der Waals surface area contributed by atoms with E-state index in [1.807, 2.05) is 20.8 Å². The van der Waals surface area contributed by atoms with E-state index in [4.69, 9.17) is 0 Å². The van der Waals surface area contributed by atoms with Gasteiger partial charge in [-0.1, -0.05) is 20.8 Å². The average molecular weight is 318 g/mol. The molecule has 0 spiro atoms. The van der Waals surface area contributed by atoms with Crippen LogP contribution in [0.5, 0.6) is 0 Å².